The maximum atomic E-state index is 15.3. The van der Waals surface area contributed by atoms with Gasteiger partial charge in [-0.2, -0.15) is 0 Å². The molecule has 1 aliphatic rings. The fourth-order valence-electron chi connectivity index (χ4n) is 3.59. The molecule has 3 heterocycles. The average Bonchev–Trinajstić information content (AvgIpc) is 3.19. The maximum Gasteiger partial charge on any atom is 0.205 e. The van der Waals surface area contributed by atoms with Crippen LogP contribution in [0.3, 0.4) is 0 Å². The number of halogens is 1. The number of rotatable bonds is 3. The van der Waals surface area contributed by atoms with Gasteiger partial charge in [0.2, 0.25) is 5.58 Å². The lowest BCUT2D eigenvalue weighted by Gasteiger charge is -2.37. The summed E-state index contributed by atoms with van der Waals surface area (Å²) in [5.74, 6) is -0.577. The van der Waals surface area contributed by atoms with Gasteiger partial charge in [0.25, 0.3) is 0 Å². The van der Waals surface area contributed by atoms with Gasteiger partial charge in [-0.1, -0.05) is 5.16 Å². The second kappa shape index (κ2) is 6.21. The van der Waals surface area contributed by atoms with Crippen LogP contribution in [0, 0.1) is 5.82 Å². The minimum Gasteiger partial charge on any atom is -0.372 e. The van der Waals surface area contributed by atoms with Crippen LogP contribution in [0.4, 0.5) is 10.1 Å². The molecule has 1 fully saturated rings. The minimum absolute atomic E-state index is 0.0357. The standard InChI is InChI=1S/C18H19FN4O3/c1-10-6-23(7-11(2)25-10)17-12(8-24)4-13-16(14-5-20-9-22(14)3)21-26-18(13)15(17)19/h4-5,8-11H,6-7H2,1-3H3/t10-,11+. The van der Waals surface area contributed by atoms with Crippen molar-refractivity contribution in [1.29, 1.82) is 0 Å². The zero-order chi connectivity index (χ0) is 18.4. The molecule has 0 N–H and O–H groups in total. The molecule has 0 spiro atoms. The number of carbonyl (C=O) groups is 1. The van der Waals surface area contributed by atoms with Crippen LogP contribution >= 0.6 is 0 Å². The van der Waals surface area contributed by atoms with Crippen molar-refractivity contribution >= 4 is 22.9 Å². The van der Waals surface area contributed by atoms with E-state index < -0.39 is 5.82 Å². The topological polar surface area (TPSA) is 73.4 Å². The maximum absolute atomic E-state index is 15.3. The molecule has 26 heavy (non-hydrogen) atoms. The number of carbonyl (C=O) groups excluding carboxylic acids is 1. The van der Waals surface area contributed by atoms with Crippen LogP contribution in [0.5, 0.6) is 0 Å². The van der Waals surface area contributed by atoms with Crippen molar-refractivity contribution in [3.05, 3.63) is 30.0 Å². The second-order valence-corrected chi connectivity index (χ2v) is 6.71. The van der Waals surface area contributed by atoms with Gasteiger partial charge in [0.15, 0.2) is 12.1 Å². The quantitative estimate of drug-likeness (QED) is 0.671. The zero-order valence-electron chi connectivity index (χ0n) is 14.8. The number of fused-ring (bicyclic) bond motifs is 1. The fraction of sp³-hybridized carbons (Fsp3) is 0.389. The van der Waals surface area contributed by atoms with Crippen LogP contribution in [0.25, 0.3) is 22.4 Å². The van der Waals surface area contributed by atoms with Crippen molar-refractivity contribution in [2.75, 3.05) is 18.0 Å². The lowest BCUT2D eigenvalue weighted by atomic mass is 10.0. The van der Waals surface area contributed by atoms with E-state index in [0.717, 1.165) is 0 Å². The highest BCUT2D eigenvalue weighted by molar-refractivity contribution is 5.99. The monoisotopic (exact) mass is 358 g/mol. The first-order valence-corrected chi connectivity index (χ1v) is 8.43. The summed E-state index contributed by atoms with van der Waals surface area (Å²) in [6.07, 6.45) is 3.79. The lowest BCUT2D eigenvalue weighted by Crippen LogP contribution is -2.46. The normalized spacial score (nSPS) is 20.7. The van der Waals surface area contributed by atoms with Gasteiger partial charge in [-0.3, -0.25) is 4.79 Å². The van der Waals surface area contributed by atoms with E-state index in [1.54, 1.807) is 23.2 Å². The summed E-state index contributed by atoms with van der Waals surface area (Å²) in [6.45, 7) is 4.84. The Bertz CT molecular complexity index is 970. The molecule has 1 aliphatic heterocycles. The van der Waals surface area contributed by atoms with Gasteiger partial charge in [0.1, 0.15) is 5.69 Å². The molecule has 2 aromatic heterocycles. The Morgan fingerprint density at radius 3 is 2.65 bits per heavy atom. The molecular formula is C18H19FN4O3. The van der Waals surface area contributed by atoms with Crippen LogP contribution in [-0.2, 0) is 11.8 Å². The Hall–Kier alpha value is -2.74. The first-order valence-electron chi connectivity index (χ1n) is 8.43. The van der Waals surface area contributed by atoms with Gasteiger partial charge < -0.3 is 18.7 Å². The highest BCUT2D eigenvalue weighted by Crippen LogP contribution is 2.36. The number of aromatic nitrogens is 3. The van der Waals surface area contributed by atoms with Crippen molar-refractivity contribution in [3.8, 4) is 11.4 Å². The summed E-state index contributed by atoms with van der Waals surface area (Å²) >= 11 is 0. The molecule has 0 saturated carbocycles. The highest BCUT2D eigenvalue weighted by atomic mass is 19.1. The Morgan fingerprint density at radius 2 is 2.04 bits per heavy atom. The molecular weight excluding hydrogens is 339 g/mol. The Labute approximate surface area is 149 Å². The molecule has 0 radical (unpaired) electrons. The number of hydrogen-bond donors (Lipinski definition) is 0. The summed E-state index contributed by atoms with van der Waals surface area (Å²) in [5.41, 5.74) is 1.68. The number of benzene rings is 1. The van der Waals surface area contributed by atoms with Gasteiger partial charge in [-0.25, -0.2) is 9.37 Å². The van der Waals surface area contributed by atoms with E-state index in [-0.39, 0.29) is 29.0 Å². The first kappa shape index (κ1) is 16.7. The molecule has 8 heteroatoms. The molecule has 2 atom stereocenters. The molecule has 0 amide bonds. The number of aldehydes is 1. The number of imidazole rings is 1. The van der Waals surface area contributed by atoms with Crippen LogP contribution in [-0.4, -0.2) is 46.3 Å². The largest absolute Gasteiger partial charge is 0.372 e. The predicted octanol–water partition coefficient (Wildman–Crippen LogP) is 2.79. The van der Waals surface area contributed by atoms with Crippen LogP contribution < -0.4 is 4.90 Å². The third kappa shape index (κ3) is 2.57. The Balaban J connectivity index is 1.89. The third-order valence-corrected chi connectivity index (χ3v) is 4.63. The van der Waals surface area contributed by atoms with Crippen molar-refractivity contribution in [1.82, 2.24) is 14.7 Å². The first-order chi connectivity index (χ1) is 12.5. The predicted molar refractivity (Wildman–Crippen MR) is 93.8 cm³/mol. The summed E-state index contributed by atoms with van der Waals surface area (Å²) < 4.78 is 28.1. The summed E-state index contributed by atoms with van der Waals surface area (Å²) in [7, 11) is 1.81. The van der Waals surface area contributed by atoms with Crippen LogP contribution in [0.15, 0.2) is 23.1 Å². The molecule has 1 saturated heterocycles. The van der Waals surface area contributed by atoms with E-state index in [4.69, 9.17) is 9.26 Å². The van der Waals surface area contributed by atoms with E-state index in [9.17, 15) is 4.79 Å². The van der Waals surface area contributed by atoms with E-state index in [1.165, 1.54) is 0 Å². The van der Waals surface area contributed by atoms with Gasteiger partial charge >= 0.3 is 0 Å². The third-order valence-electron chi connectivity index (χ3n) is 4.63. The number of anilines is 1. The smallest absolute Gasteiger partial charge is 0.205 e. The average molecular weight is 358 g/mol. The molecule has 0 aliphatic carbocycles. The number of nitrogens with zero attached hydrogens (tertiary/aromatic N) is 4. The summed E-state index contributed by atoms with van der Waals surface area (Å²) in [4.78, 5) is 17.6. The van der Waals surface area contributed by atoms with Gasteiger partial charge in [-0.05, 0) is 19.9 Å². The summed E-state index contributed by atoms with van der Waals surface area (Å²) in [5, 5.41) is 4.47. The van der Waals surface area contributed by atoms with Crippen molar-refractivity contribution in [2.24, 2.45) is 7.05 Å². The van der Waals surface area contributed by atoms with Crippen molar-refractivity contribution < 1.29 is 18.4 Å². The highest BCUT2D eigenvalue weighted by Gasteiger charge is 2.29. The SMILES string of the molecule is C[C@@H]1CN(c2c(C=O)cc3c(-c4cncn4C)noc3c2F)C[C@H](C)O1. The second-order valence-electron chi connectivity index (χ2n) is 6.71. The summed E-state index contributed by atoms with van der Waals surface area (Å²) in [6, 6.07) is 1.63. The number of aryl methyl sites for hydroxylation is 1. The Kier molecular flexibility index (Phi) is 3.99. The van der Waals surface area contributed by atoms with E-state index in [0.29, 0.717) is 36.1 Å². The van der Waals surface area contributed by atoms with E-state index in [1.807, 2.05) is 25.8 Å². The van der Waals surface area contributed by atoms with Crippen molar-refractivity contribution in [3.63, 3.8) is 0 Å². The molecule has 0 unspecified atom stereocenters. The van der Waals surface area contributed by atoms with Gasteiger partial charge in [-0.15, -0.1) is 0 Å². The van der Waals surface area contributed by atoms with Gasteiger partial charge in [0, 0.05) is 25.7 Å². The van der Waals surface area contributed by atoms with Crippen LogP contribution in [0.2, 0.25) is 0 Å². The number of hydrogen-bond acceptors (Lipinski definition) is 6. The van der Waals surface area contributed by atoms with Gasteiger partial charge in [0.05, 0.1) is 41.5 Å². The molecule has 3 aromatic rings. The molecule has 136 valence electrons. The lowest BCUT2D eigenvalue weighted by molar-refractivity contribution is -0.00543. The number of ether oxygens (including phenoxy) is 1. The van der Waals surface area contributed by atoms with Crippen LogP contribution in [0.1, 0.15) is 24.2 Å². The number of morpholine rings is 1. The molecule has 4 rings (SSSR count). The van der Waals surface area contributed by atoms with E-state index in [2.05, 4.69) is 10.1 Å². The molecule has 7 nitrogen and oxygen atoms in total. The molecule has 1 aromatic carbocycles. The van der Waals surface area contributed by atoms with Crippen molar-refractivity contribution in [2.45, 2.75) is 26.1 Å². The van der Waals surface area contributed by atoms with E-state index >= 15 is 4.39 Å². The minimum atomic E-state index is -0.577. The Morgan fingerprint density at radius 1 is 1.31 bits per heavy atom. The zero-order valence-corrected chi connectivity index (χ0v) is 14.8. The molecule has 0 bridgehead atoms. The fourth-order valence-corrected chi connectivity index (χ4v) is 3.59.